The van der Waals surface area contributed by atoms with Gasteiger partial charge in [0.1, 0.15) is 0 Å². The highest BCUT2D eigenvalue weighted by Crippen LogP contribution is 2.16. The minimum absolute atomic E-state index is 0.261. The van der Waals surface area contributed by atoms with Crippen molar-refractivity contribution in [3.05, 3.63) is 18.0 Å². The van der Waals surface area contributed by atoms with Crippen molar-refractivity contribution < 1.29 is 8.42 Å². The zero-order chi connectivity index (χ0) is 13.9. The SMILES string of the molecule is CN1CCCC(CNS(=O)(=O)c2c[nH]c(CN)c2)C1. The summed E-state index contributed by atoms with van der Waals surface area (Å²) >= 11 is 0. The van der Waals surface area contributed by atoms with Crippen LogP contribution in [0, 0.1) is 5.92 Å². The van der Waals surface area contributed by atoms with Gasteiger partial charge >= 0.3 is 0 Å². The van der Waals surface area contributed by atoms with Crippen LogP contribution in [0.25, 0.3) is 0 Å². The molecule has 1 aromatic heterocycles. The predicted octanol–water partition coefficient (Wildman–Crippen LogP) is 0.0935. The first-order valence-corrected chi connectivity index (χ1v) is 8.05. The third-order valence-electron chi connectivity index (χ3n) is 3.53. The number of sulfonamides is 1. The molecule has 0 bridgehead atoms. The van der Waals surface area contributed by atoms with Crippen molar-refractivity contribution in [2.24, 2.45) is 11.7 Å². The topological polar surface area (TPSA) is 91.2 Å². The predicted molar refractivity (Wildman–Crippen MR) is 74.1 cm³/mol. The monoisotopic (exact) mass is 286 g/mol. The maximum Gasteiger partial charge on any atom is 0.242 e. The number of nitrogens with zero attached hydrogens (tertiary/aromatic N) is 1. The van der Waals surface area contributed by atoms with Gasteiger partial charge in [-0.05, 0) is 38.4 Å². The molecule has 0 amide bonds. The second-order valence-electron chi connectivity index (χ2n) is 5.19. The Kier molecular flexibility index (Phi) is 4.62. The molecule has 6 nitrogen and oxygen atoms in total. The lowest BCUT2D eigenvalue weighted by atomic mass is 9.99. The number of hydrogen-bond donors (Lipinski definition) is 3. The van der Waals surface area contributed by atoms with Crippen molar-refractivity contribution in [3.63, 3.8) is 0 Å². The Hall–Kier alpha value is -0.890. The Labute approximate surface area is 114 Å². The highest BCUT2D eigenvalue weighted by molar-refractivity contribution is 7.89. The van der Waals surface area contributed by atoms with Crippen molar-refractivity contribution in [1.82, 2.24) is 14.6 Å². The van der Waals surface area contributed by atoms with Gasteiger partial charge in [-0.3, -0.25) is 0 Å². The number of nitrogens with one attached hydrogen (secondary N) is 2. The van der Waals surface area contributed by atoms with E-state index >= 15 is 0 Å². The Morgan fingerprint density at radius 2 is 2.37 bits per heavy atom. The lowest BCUT2D eigenvalue weighted by molar-refractivity contribution is 0.211. The summed E-state index contributed by atoms with van der Waals surface area (Å²) in [4.78, 5) is 5.36. The second kappa shape index (κ2) is 6.04. The Morgan fingerprint density at radius 3 is 3.00 bits per heavy atom. The largest absolute Gasteiger partial charge is 0.363 e. The van der Waals surface area contributed by atoms with Crippen LogP contribution in [0.5, 0.6) is 0 Å². The molecule has 0 aromatic carbocycles. The van der Waals surface area contributed by atoms with Gasteiger partial charge in [0.25, 0.3) is 0 Å². The normalized spacial score (nSPS) is 21.7. The molecular weight excluding hydrogens is 264 g/mol. The Balaban J connectivity index is 1.93. The van der Waals surface area contributed by atoms with E-state index in [0.29, 0.717) is 19.0 Å². The van der Waals surface area contributed by atoms with Crippen LogP contribution < -0.4 is 10.5 Å². The fourth-order valence-electron chi connectivity index (χ4n) is 2.44. The van der Waals surface area contributed by atoms with E-state index < -0.39 is 10.0 Å². The second-order valence-corrected chi connectivity index (χ2v) is 6.95. The van der Waals surface area contributed by atoms with Gasteiger partial charge in [0.05, 0.1) is 4.90 Å². The van der Waals surface area contributed by atoms with E-state index in [4.69, 9.17) is 5.73 Å². The summed E-state index contributed by atoms with van der Waals surface area (Å²) in [5.41, 5.74) is 6.18. The summed E-state index contributed by atoms with van der Waals surface area (Å²) in [6.45, 7) is 2.85. The molecule has 1 saturated heterocycles. The van der Waals surface area contributed by atoms with E-state index in [9.17, 15) is 8.42 Å². The molecule has 0 spiro atoms. The van der Waals surface area contributed by atoms with Gasteiger partial charge in [0, 0.05) is 31.5 Å². The number of aromatic amines is 1. The van der Waals surface area contributed by atoms with E-state index in [0.717, 1.165) is 31.6 Å². The first kappa shape index (κ1) is 14.5. The number of aromatic nitrogens is 1. The summed E-state index contributed by atoms with van der Waals surface area (Å²) in [6.07, 6.45) is 3.69. The summed E-state index contributed by atoms with van der Waals surface area (Å²) in [6, 6.07) is 1.58. The van der Waals surface area contributed by atoms with Gasteiger partial charge in [0.2, 0.25) is 10.0 Å². The minimum atomic E-state index is -3.42. The number of nitrogens with two attached hydrogens (primary N) is 1. The molecule has 4 N–H and O–H groups in total. The van der Waals surface area contributed by atoms with Crippen LogP contribution in [0.15, 0.2) is 17.2 Å². The zero-order valence-corrected chi connectivity index (χ0v) is 12.0. The van der Waals surface area contributed by atoms with Crippen LogP contribution in [0.2, 0.25) is 0 Å². The number of hydrogen-bond acceptors (Lipinski definition) is 4. The van der Waals surface area contributed by atoms with Crippen LogP contribution in [0.3, 0.4) is 0 Å². The number of piperidine rings is 1. The van der Waals surface area contributed by atoms with Crippen LogP contribution >= 0.6 is 0 Å². The summed E-state index contributed by atoms with van der Waals surface area (Å²) < 4.78 is 26.9. The van der Waals surface area contributed by atoms with Gasteiger partial charge in [0.15, 0.2) is 0 Å². The molecule has 19 heavy (non-hydrogen) atoms. The Morgan fingerprint density at radius 1 is 1.58 bits per heavy atom. The molecule has 7 heteroatoms. The average molecular weight is 286 g/mol. The molecular formula is C12H22N4O2S. The lowest BCUT2D eigenvalue weighted by Crippen LogP contribution is -2.39. The highest BCUT2D eigenvalue weighted by atomic mass is 32.2. The third kappa shape index (κ3) is 3.79. The number of likely N-dealkylation sites (tertiary alicyclic amines) is 1. The molecule has 1 aromatic rings. The third-order valence-corrected chi connectivity index (χ3v) is 4.93. The highest BCUT2D eigenvalue weighted by Gasteiger charge is 2.21. The first-order chi connectivity index (χ1) is 9.01. The van der Waals surface area contributed by atoms with Crippen molar-refractivity contribution in [2.45, 2.75) is 24.3 Å². The molecule has 2 heterocycles. The van der Waals surface area contributed by atoms with E-state index in [-0.39, 0.29) is 4.90 Å². The maximum atomic E-state index is 12.1. The van der Waals surface area contributed by atoms with Gasteiger partial charge in [-0.1, -0.05) is 0 Å². The van der Waals surface area contributed by atoms with Crippen LogP contribution in [0.1, 0.15) is 18.5 Å². The van der Waals surface area contributed by atoms with E-state index in [1.54, 1.807) is 6.07 Å². The summed E-state index contributed by atoms with van der Waals surface area (Å²) in [5.74, 6) is 0.390. The van der Waals surface area contributed by atoms with Crippen molar-refractivity contribution >= 4 is 10.0 Å². The van der Waals surface area contributed by atoms with Gasteiger partial charge in [-0.15, -0.1) is 0 Å². The summed E-state index contributed by atoms with van der Waals surface area (Å²) in [7, 11) is -1.35. The van der Waals surface area contributed by atoms with Crippen LogP contribution in [-0.4, -0.2) is 45.0 Å². The van der Waals surface area contributed by atoms with Gasteiger partial charge < -0.3 is 15.6 Å². The molecule has 1 fully saturated rings. The Bertz CT molecular complexity index is 512. The van der Waals surface area contributed by atoms with Crippen molar-refractivity contribution in [2.75, 3.05) is 26.7 Å². The minimum Gasteiger partial charge on any atom is -0.363 e. The fourth-order valence-corrected chi connectivity index (χ4v) is 3.58. The smallest absolute Gasteiger partial charge is 0.242 e. The zero-order valence-electron chi connectivity index (χ0n) is 11.2. The molecule has 2 rings (SSSR count). The quantitative estimate of drug-likeness (QED) is 0.715. The van der Waals surface area contributed by atoms with E-state index in [1.165, 1.54) is 6.20 Å². The molecule has 1 atom stereocenters. The van der Waals surface area contributed by atoms with Gasteiger partial charge in [-0.2, -0.15) is 0 Å². The fraction of sp³-hybridized carbons (Fsp3) is 0.667. The molecule has 0 saturated carbocycles. The maximum absolute atomic E-state index is 12.1. The van der Waals surface area contributed by atoms with Crippen LogP contribution in [-0.2, 0) is 16.6 Å². The molecule has 0 radical (unpaired) electrons. The van der Waals surface area contributed by atoms with Gasteiger partial charge in [-0.25, -0.2) is 13.1 Å². The van der Waals surface area contributed by atoms with E-state index in [2.05, 4.69) is 21.7 Å². The van der Waals surface area contributed by atoms with Crippen LogP contribution in [0.4, 0.5) is 0 Å². The molecule has 1 unspecified atom stereocenters. The molecule has 1 aliphatic rings. The molecule has 1 aliphatic heterocycles. The first-order valence-electron chi connectivity index (χ1n) is 6.57. The number of H-pyrrole nitrogens is 1. The number of rotatable bonds is 5. The van der Waals surface area contributed by atoms with E-state index in [1.807, 2.05) is 0 Å². The van der Waals surface area contributed by atoms with Crippen molar-refractivity contribution in [3.8, 4) is 0 Å². The summed E-state index contributed by atoms with van der Waals surface area (Å²) in [5, 5.41) is 0. The molecule has 0 aliphatic carbocycles. The van der Waals surface area contributed by atoms with Crippen molar-refractivity contribution in [1.29, 1.82) is 0 Å². The average Bonchev–Trinajstić information content (AvgIpc) is 2.86. The standard InChI is InChI=1S/C12H22N4O2S/c1-16-4-2-3-10(9-16)7-15-19(17,18)12-5-11(6-13)14-8-12/h5,8,10,14-15H,2-4,6-7,9,13H2,1H3. The molecule has 108 valence electrons. The lowest BCUT2D eigenvalue weighted by Gasteiger charge is -2.29.